The van der Waals surface area contributed by atoms with Crippen LogP contribution in [0.5, 0.6) is 5.75 Å². The van der Waals surface area contributed by atoms with Crippen molar-refractivity contribution < 1.29 is 4.74 Å². The predicted molar refractivity (Wildman–Crippen MR) is 75.2 cm³/mol. The van der Waals surface area contributed by atoms with Crippen LogP contribution < -0.4 is 21.3 Å². The molecule has 1 fully saturated rings. The minimum Gasteiger partial charge on any atom is -0.490 e. The van der Waals surface area contributed by atoms with Gasteiger partial charge in [0.05, 0.1) is 7.11 Å². The monoisotopic (exact) mass is 266 g/mol. The van der Waals surface area contributed by atoms with Crippen LogP contribution in [0.2, 0.25) is 0 Å². The summed E-state index contributed by atoms with van der Waals surface area (Å²) in [4.78, 5) is 10.7. The van der Waals surface area contributed by atoms with Crippen LogP contribution in [0.25, 0.3) is 0 Å². The molecule has 2 rings (SSSR count). The molecule has 1 saturated heterocycles. The Labute approximate surface area is 113 Å². The van der Waals surface area contributed by atoms with E-state index >= 15 is 0 Å². The first-order chi connectivity index (χ1) is 9.26. The Kier molecular flexibility index (Phi) is 4.75. The maximum atomic E-state index is 5.39. The first-order valence-corrected chi connectivity index (χ1v) is 6.59. The molecule has 1 aliphatic heterocycles. The van der Waals surface area contributed by atoms with E-state index in [1.807, 2.05) is 0 Å². The third-order valence-corrected chi connectivity index (χ3v) is 3.47. The normalized spacial score (nSPS) is 17.2. The number of likely N-dealkylation sites (tertiary alicyclic amines) is 1. The molecule has 1 aromatic rings. The highest BCUT2D eigenvalue weighted by molar-refractivity contribution is 5.63. The van der Waals surface area contributed by atoms with Crippen LogP contribution >= 0.6 is 0 Å². The molecule has 1 aromatic heterocycles. The SMILES string of the molecule is COc1c(NN)ncnc1NCC(C)N1CCCC1. The van der Waals surface area contributed by atoms with Gasteiger partial charge in [0.2, 0.25) is 5.75 Å². The smallest absolute Gasteiger partial charge is 0.205 e. The topological polar surface area (TPSA) is 88.3 Å². The molecule has 0 aliphatic carbocycles. The first-order valence-electron chi connectivity index (χ1n) is 6.59. The largest absolute Gasteiger partial charge is 0.490 e. The van der Waals surface area contributed by atoms with Gasteiger partial charge in [-0.2, -0.15) is 0 Å². The van der Waals surface area contributed by atoms with Gasteiger partial charge in [0.1, 0.15) is 6.33 Å². The molecule has 106 valence electrons. The highest BCUT2D eigenvalue weighted by atomic mass is 16.5. The highest BCUT2D eigenvalue weighted by Crippen LogP contribution is 2.28. The first kappa shape index (κ1) is 13.8. The van der Waals surface area contributed by atoms with E-state index in [9.17, 15) is 0 Å². The van der Waals surface area contributed by atoms with Crippen LogP contribution in [0.15, 0.2) is 6.33 Å². The molecule has 0 amide bonds. The zero-order valence-electron chi connectivity index (χ0n) is 11.5. The van der Waals surface area contributed by atoms with Crippen molar-refractivity contribution in [3.63, 3.8) is 0 Å². The predicted octanol–water partition coefficient (Wildman–Crippen LogP) is 0.667. The number of hydrogen-bond acceptors (Lipinski definition) is 7. The van der Waals surface area contributed by atoms with Gasteiger partial charge in [0.15, 0.2) is 11.6 Å². The molecule has 19 heavy (non-hydrogen) atoms. The fraction of sp³-hybridized carbons (Fsp3) is 0.667. The number of aromatic nitrogens is 2. The number of nitrogens with zero attached hydrogens (tertiary/aromatic N) is 3. The second-order valence-electron chi connectivity index (χ2n) is 4.72. The lowest BCUT2D eigenvalue weighted by Crippen LogP contribution is -2.35. The summed E-state index contributed by atoms with van der Waals surface area (Å²) in [5.41, 5.74) is 2.50. The number of nitrogens with one attached hydrogen (secondary N) is 2. The molecule has 0 saturated carbocycles. The van der Waals surface area contributed by atoms with Crippen LogP contribution in [0.4, 0.5) is 11.6 Å². The number of hydrogen-bond donors (Lipinski definition) is 3. The summed E-state index contributed by atoms with van der Waals surface area (Å²) < 4.78 is 5.28. The fourth-order valence-corrected chi connectivity index (χ4v) is 2.35. The zero-order valence-corrected chi connectivity index (χ0v) is 11.5. The summed E-state index contributed by atoms with van der Waals surface area (Å²) >= 11 is 0. The van der Waals surface area contributed by atoms with Gasteiger partial charge in [-0.1, -0.05) is 0 Å². The van der Waals surface area contributed by atoms with Crippen LogP contribution in [-0.4, -0.2) is 47.7 Å². The Balaban J connectivity index is 1.98. The summed E-state index contributed by atoms with van der Waals surface area (Å²) in [6.45, 7) is 5.39. The minimum atomic E-state index is 0.469. The molecular formula is C12H22N6O. The molecule has 7 nitrogen and oxygen atoms in total. The number of nitrogens with two attached hydrogens (primary N) is 1. The van der Waals surface area contributed by atoms with Gasteiger partial charge in [-0.25, -0.2) is 15.8 Å². The second kappa shape index (κ2) is 6.53. The van der Waals surface area contributed by atoms with Gasteiger partial charge >= 0.3 is 0 Å². The molecule has 4 N–H and O–H groups in total. The molecular weight excluding hydrogens is 244 g/mol. The average molecular weight is 266 g/mol. The van der Waals surface area contributed by atoms with Crippen molar-refractivity contribution in [3.05, 3.63) is 6.33 Å². The minimum absolute atomic E-state index is 0.469. The summed E-state index contributed by atoms with van der Waals surface area (Å²) in [5.74, 6) is 7.08. The van der Waals surface area contributed by atoms with Gasteiger partial charge < -0.3 is 15.5 Å². The lowest BCUT2D eigenvalue weighted by atomic mass is 10.3. The number of ether oxygens (including phenoxy) is 1. The fourth-order valence-electron chi connectivity index (χ4n) is 2.35. The molecule has 1 atom stereocenters. The number of hydrazine groups is 1. The third-order valence-electron chi connectivity index (χ3n) is 3.47. The molecule has 1 unspecified atom stereocenters. The Morgan fingerprint density at radius 3 is 2.68 bits per heavy atom. The Morgan fingerprint density at radius 1 is 1.37 bits per heavy atom. The quantitative estimate of drug-likeness (QED) is 0.515. The average Bonchev–Trinajstić information content (AvgIpc) is 2.98. The van der Waals surface area contributed by atoms with E-state index in [1.165, 1.54) is 32.3 Å². The van der Waals surface area contributed by atoms with Crippen LogP contribution in [0, 0.1) is 0 Å². The summed E-state index contributed by atoms with van der Waals surface area (Å²) in [6, 6.07) is 0.469. The van der Waals surface area contributed by atoms with Crippen molar-refractivity contribution >= 4 is 11.6 Å². The standard InChI is InChI=1S/C12H22N6O/c1-9(18-5-3-4-6-18)7-14-11-10(19-2)12(17-13)16-8-15-11/h8-9H,3-7,13H2,1-2H3,(H2,14,15,16,17). The molecule has 0 radical (unpaired) electrons. The molecule has 2 heterocycles. The highest BCUT2D eigenvalue weighted by Gasteiger charge is 2.19. The molecule has 7 heteroatoms. The van der Waals surface area contributed by atoms with Crippen molar-refractivity contribution in [2.24, 2.45) is 5.84 Å². The van der Waals surface area contributed by atoms with Crippen molar-refractivity contribution in [3.8, 4) is 5.75 Å². The van der Waals surface area contributed by atoms with Crippen LogP contribution in [0.1, 0.15) is 19.8 Å². The van der Waals surface area contributed by atoms with Crippen molar-refractivity contribution in [2.45, 2.75) is 25.8 Å². The van der Waals surface area contributed by atoms with Gasteiger partial charge in [-0.15, -0.1) is 0 Å². The van der Waals surface area contributed by atoms with Crippen LogP contribution in [-0.2, 0) is 0 Å². The summed E-state index contributed by atoms with van der Waals surface area (Å²) in [6.07, 6.45) is 4.05. The lowest BCUT2D eigenvalue weighted by Gasteiger charge is -2.24. The number of rotatable bonds is 6. The van der Waals surface area contributed by atoms with E-state index in [0.717, 1.165) is 6.54 Å². The third kappa shape index (κ3) is 3.24. The van der Waals surface area contributed by atoms with E-state index in [2.05, 4.69) is 32.5 Å². The van der Waals surface area contributed by atoms with E-state index < -0.39 is 0 Å². The zero-order chi connectivity index (χ0) is 13.7. The second-order valence-corrected chi connectivity index (χ2v) is 4.72. The van der Waals surface area contributed by atoms with Crippen molar-refractivity contribution in [1.82, 2.24) is 14.9 Å². The van der Waals surface area contributed by atoms with Crippen molar-refractivity contribution in [2.75, 3.05) is 37.5 Å². The molecule has 0 aromatic carbocycles. The molecule has 0 bridgehead atoms. The Bertz CT molecular complexity index is 407. The van der Waals surface area contributed by atoms with Gasteiger partial charge in [0.25, 0.3) is 0 Å². The Morgan fingerprint density at radius 2 is 2.05 bits per heavy atom. The Hall–Kier alpha value is -1.60. The maximum Gasteiger partial charge on any atom is 0.205 e. The number of nitrogen functional groups attached to an aromatic ring is 1. The summed E-state index contributed by atoms with van der Waals surface area (Å²) in [7, 11) is 1.58. The number of methoxy groups -OCH3 is 1. The molecule has 1 aliphatic rings. The maximum absolute atomic E-state index is 5.39. The number of anilines is 2. The van der Waals surface area contributed by atoms with Crippen molar-refractivity contribution in [1.29, 1.82) is 0 Å². The van der Waals surface area contributed by atoms with Crippen LogP contribution in [0.3, 0.4) is 0 Å². The molecule has 0 spiro atoms. The van der Waals surface area contributed by atoms with E-state index in [1.54, 1.807) is 7.11 Å². The summed E-state index contributed by atoms with van der Waals surface area (Å²) in [5, 5.41) is 3.30. The van der Waals surface area contributed by atoms with E-state index in [0.29, 0.717) is 23.4 Å². The lowest BCUT2D eigenvalue weighted by molar-refractivity contribution is 0.269. The van der Waals surface area contributed by atoms with Gasteiger partial charge in [-0.3, -0.25) is 4.90 Å². The van der Waals surface area contributed by atoms with E-state index in [-0.39, 0.29) is 0 Å². The van der Waals surface area contributed by atoms with E-state index in [4.69, 9.17) is 10.6 Å². The van der Waals surface area contributed by atoms with Gasteiger partial charge in [-0.05, 0) is 32.9 Å². The van der Waals surface area contributed by atoms with Gasteiger partial charge in [0, 0.05) is 12.6 Å².